The van der Waals surface area contributed by atoms with Gasteiger partial charge in [0.2, 0.25) is 0 Å². The molecule has 4 nitrogen and oxygen atoms in total. The first-order valence-electron chi connectivity index (χ1n) is 6.61. The Hall–Kier alpha value is -2.49. The van der Waals surface area contributed by atoms with Gasteiger partial charge < -0.3 is 0 Å². The molecule has 0 aliphatic heterocycles. The third kappa shape index (κ3) is 2.32. The van der Waals surface area contributed by atoms with Crippen LogP contribution in [0.4, 0.5) is 0 Å². The van der Waals surface area contributed by atoms with Gasteiger partial charge in [-0.05, 0) is 31.2 Å². The summed E-state index contributed by atoms with van der Waals surface area (Å²) in [4.78, 5) is 21.1. The predicted molar refractivity (Wildman–Crippen MR) is 78.7 cm³/mol. The van der Waals surface area contributed by atoms with Crippen LogP contribution in [0.2, 0.25) is 0 Å². The van der Waals surface area contributed by atoms with Gasteiger partial charge in [-0.2, -0.15) is 0 Å². The highest BCUT2D eigenvalue weighted by molar-refractivity contribution is 5.76. The maximum atomic E-state index is 12.5. The van der Waals surface area contributed by atoms with Crippen LogP contribution in [0.1, 0.15) is 18.7 Å². The molecule has 2 heterocycles. The van der Waals surface area contributed by atoms with Gasteiger partial charge in [-0.25, -0.2) is 4.98 Å². The highest BCUT2D eigenvalue weighted by Gasteiger charge is 2.10. The number of pyridine rings is 1. The van der Waals surface area contributed by atoms with Crippen molar-refractivity contribution in [3.63, 3.8) is 0 Å². The van der Waals surface area contributed by atoms with Crippen LogP contribution in [0, 0.1) is 0 Å². The number of para-hydroxylation sites is 1. The molecule has 1 atom stereocenters. The van der Waals surface area contributed by atoms with Crippen LogP contribution in [0.25, 0.3) is 10.9 Å². The molecule has 0 saturated heterocycles. The number of benzene rings is 1. The molecule has 0 bridgehead atoms. The first-order valence-corrected chi connectivity index (χ1v) is 6.61. The van der Waals surface area contributed by atoms with Gasteiger partial charge >= 0.3 is 0 Å². The van der Waals surface area contributed by atoms with Crippen LogP contribution in [0.15, 0.2) is 59.8 Å². The van der Waals surface area contributed by atoms with Gasteiger partial charge in [0.15, 0.2) is 0 Å². The molecular weight excluding hydrogens is 250 g/mol. The molecule has 0 aliphatic rings. The minimum atomic E-state index is -0.000897. The van der Waals surface area contributed by atoms with Crippen LogP contribution in [0.3, 0.4) is 0 Å². The van der Waals surface area contributed by atoms with E-state index in [0.717, 1.165) is 11.2 Å². The van der Waals surface area contributed by atoms with Crippen molar-refractivity contribution in [3.05, 3.63) is 71.0 Å². The lowest BCUT2D eigenvalue weighted by molar-refractivity contribution is 0.518. The molecule has 0 unspecified atom stereocenters. The van der Waals surface area contributed by atoms with E-state index in [1.54, 1.807) is 17.1 Å². The lowest BCUT2D eigenvalue weighted by Crippen LogP contribution is -2.25. The van der Waals surface area contributed by atoms with Crippen molar-refractivity contribution < 1.29 is 0 Å². The smallest absolute Gasteiger partial charge is 0.261 e. The van der Waals surface area contributed by atoms with Gasteiger partial charge in [0.25, 0.3) is 5.56 Å². The summed E-state index contributed by atoms with van der Waals surface area (Å²) in [7, 11) is 0. The SMILES string of the molecule is C[C@H](Cc1ccccn1)n1cnc2ccccc2c1=O. The third-order valence-corrected chi connectivity index (χ3v) is 3.40. The van der Waals surface area contributed by atoms with Crippen LogP contribution in [0.5, 0.6) is 0 Å². The number of nitrogens with zero attached hydrogens (tertiary/aromatic N) is 3. The Morgan fingerprint density at radius 1 is 1.10 bits per heavy atom. The van der Waals surface area contributed by atoms with E-state index in [1.165, 1.54) is 0 Å². The third-order valence-electron chi connectivity index (χ3n) is 3.40. The molecule has 0 fully saturated rings. The molecule has 0 N–H and O–H groups in total. The van der Waals surface area contributed by atoms with Gasteiger partial charge in [0, 0.05) is 24.4 Å². The second kappa shape index (κ2) is 5.25. The Bertz CT molecular complexity index is 780. The molecule has 20 heavy (non-hydrogen) atoms. The molecule has 0 saturated carbocycles. The number of fused-ring (bicyclic) bond motifs is 1. The first-order chi connectivity index (χ1) is 9.75. The Morgan fingerprint density at radius 2 is 1.90 bits per heavy atom. The summed E-state index contributed by atoms with van der Waals surface area (Å²) in [6.07, 6.45) is 4.10. The maximum absolute atomic E-state index is 12.5. The first kappa shape index (κ1) is 12.5. The zero-order valence-electron chi connectivity index (χ0n) is 11.2. The van der Waals surface area contributed by atoms with Gasteiger partial charge in [0.05, 0.1) is 17.2 Å². The van der Waals surface area contributed by atoms with E-state index in [9.17, 15) is 4.79 Å². The molecule has 1 aromatic carbocycles. The minimum absolute atomic E-state index is 0.000897. The Morgan fingerprint density at radius 3 is 2.70 bits per heavy atom. The molecule has 4 heteroatoms. The zero-order valence-corrected chi connectivity index (χ0v) is 11.2. The van der Waals surface area contributed by atoms with E-state index in [-0.39, 0.29) is 11.6 Å². The molecule has 0 amide bonds. The molecule has 100 valence electrons. The van der Waals surface area contributed by atoms with Crippen molar-refractivity contribution in [2.24, 2.45) is 0 Å². The van der Waals surface area contributed by atoms with E-state index in [0.29, 0.717) is 11.8 Å². The van der Waals surface area contributed by atoms with Crippen molar-refractivity contribution >= 4 is 10.9 Å². The predicted octanol–water partition coefficient (Wildman–Crippen LogP) is 2.60. The van der Waals surface area contributed by atoms with E-state index in [2.05, 4.69) is 9.97 Å². The fraction of sp³-hybridized carbons (Fsp3) is 0.188. The van der Waals surface area contributed by atoms with Crippen LogP contribution in [-0.4, -0.2) is 14.5 Å². The number of hydrogen-bond acceptors (Lipinski definition) is 3. The van der Waals surface area contributed by atoms with Crippen molar-refractivity contribution in [2.45, 2.75) is 19.4 Å². The standard InChI is InChI=1S/C16H15N3O/c1-12(10-13-6-4-5-9-17-13)19-11-18-15-8-3-2-7-14(15)16(19)20/h2-9,11-12H,10H2,1H3/t12-/m1/s1. The molecule has 0 aliphatic carbocycles. The summed E-state index contributed by atoms with van der Waals surface area (Å²) in [6.45, 7) is 2.01. The summed E-state index contributed by atoms with van der Waals surface area (Å²) in [6, 6.07) is 13.2. The number of hydrogen-bond donors (Lipinski definition) is 0. The molecule has 3 aromatic rings. The fourth-order valence-corrected chi connectivity index (χ4v) is 2.32. The van der Waals surface area contributed by atoms with Gasteiger partial charge in [0.1, 0.15) is 0 Å². The van der Waals surface area contributed by atoms with Crippen molar-refractivity contribution in [3.8, 4) is 0 Å². The summed E-state index contributed by atoms with van der Waals surface area (Å²) >= 11 is 0. The van der Waals surface area contributed by atoms with E-state index in [4.69, 9.17) is 0 Å². The summed E-state index contributed by atoms with van der Waals surface area (Å²) in [5.41, 5.74) is 1.71. The summed E-state index contributed by atoms with van der Waals surface area (Å²) < 4.78 is 1.68. The van der Waals surface area contributed by atoms with Crippen molar-refractivity contribution in [2.75, 3.05) is 0 Å². The highest BCUT2D eigenvalue weighted by Crippen LogP contribution is 2.12. The van der Waals surface area contributed by atoms with Crippen molar-refractivity contribution in [1.29, 1.82) is 0 Å². The van der Waals surface area contributed by atoms with Gasteiger partial charge in [-0.3, -0.25) is 14.3 Å². The second-order valence-corrected chi connectivity index (χ2v) is 4.85. The van der Waals surface area contributed by atoms with Crippen LogP contribution in [-0.2, 0) is 6.42 Å². The highest BCUT2D eigenvalue weighted by atomic mass is 16.1. The van der Waals surface area contributed by atoms with Crippen LogP contribution < -0.4 is 5.56 Å². The monoisotopic (exact) mass is 265 g/mol. The quantitative estimate of drug-likeness (QED) is 0.731. The van der Waals surface area contributed by atoms with Crippen LogP contribution >= 0.6 is 0 Å². The molecule has 2 aromatic heterocycles. The van der Waals surface area contributed by atoms with E-state index >= 15 is 0 Å². The molecule has 0 radical (unpaired) electrons. The fourth-order valence-electron chi connectivity index (χ4n) is 2.32. The zero-order chi connectivity index (χ0) is 13.9. The summed E-state index contributed by atoms with van der Waals surface area (Å²) in [5, 5.41) is 0.655. The Labute approximate surface area is 116 Å². The maximum Gasteiger partial charge on any atom is 0.261 e. The topological polar surface area (TPSA) is 47.8 Å². The molecule has 0 spiro atoms. The van der Waals surface area contributed by atoms with Crippen molar-refractivity contribution in [1.82, 2.24) is 14.5 Å². The van der Waals surface area contributed by atoms with Gasteiger partial charge in [-0.1, -0.05) is 18.2 Å². The second-order valence-electron chi connectivity index (χ2n) is 4.85. The summed E-state index contributed by atoms with van der Waals surface area (Å²) in [5.74, 6) is 0. The normalized spacial score (nSPS) is 12.4. The Kier molecular flexibility index (Phi) is 3.29. The molecular formula is C16H15N3O. The number of aromatic nitrogens is 3. The lowest BCUT2D eigenvalue weighted by atomic mass is 10.1. The average molecular weight is 265 g/mol. The van der Waals surface area contributed by atoms with E-state index in [1.807, 2.05) is 49.4 Å². The molecule has 3 rings (SSSR count). The number of rotatable bonds is 3. The largest absolute Gasteiger partial charge is 0.295 e. The Balaban J connectivity index is 1.98. The minimum Gasteiger partial charge on any atom is -0.295 e. The van der Waals surface area contributed by atoms with Gasteiger partial charge in [-0.15, -0.1) is 0 Å². The van der Waals surface area contributed by atoms with E-state index < -0.39 is 0 Å². The average Bonchev–Trinajstić information content (AvgIpc) is 2.49. The lowest BCUT2D eigenvalue weighted by Gasteiger charge is -2.14.